The second-order valence-corrected chi connectivity index (χ2v) is 4.32. The van der Waals surface area contributed by atoms with Crippen LogP contribution in [-0.4, -0.2) is 47.4 Å². The molecule has 2 rings (SSSR count). The number of amides is 2. The van der Waals surface area contributed by atoms with Gasteiger partial charge in [0.15, 0.2) is 0 Å². The van der Waals surface area contributed by atoms with Gasteiger partial charge in [-0.1, -0.05) is 0 Å². The zero-order valence-electron chi connectivity index (χ0n) is 8.86. The first-order valence-electron chi connectivity index (χ1n) is 5.36. The van der Waals surface area contributed by atoms with Gasteiger partial charge in [-0.3, -0.25) is 14.4 Å². The number of hydrogen-bond donors (Lipinski definition) is 2. The Kier molecular flexibility index (Phi) is 2.57. The number of rotatable bonds is 2. The van der Waals surface area contributed by atoms with Crippen LogP contribution in [0.1, 0.15) is 19.3 Å². The normalized spacial score (nSPS) is 23.2. The van der Waals surface area contributed by atoms with Gasteiger partial charge in [0.1, 0.15) is 5.41 Å². The topological polar surface area (TPSA) is 86.7 Å². The fourth-order valence-corrected chi connectivity index (χ4v) is 1.93. The van der Waals surface area contributed by atoms with Crippen LogP contribution in [0.5, 0.6) is 0 Å². The van der Waals surface area contributed by atoms with E-state index in [-0.39, 0.29) is 12.5 Å². The molecule has 0 unspecified atom stereocenters. The first kappa shape index (κ1) is 10.9. The molecule has 0 aromatic rings. The molecule has 0 aromatic heterocycles. The lowest BCUT2D eigenvalue weighted by Crippen LogP contribution is -2.44. The molecule has 0 spiro atoms. The summed E-state index contributed by atoms with van der Waals surface area (Å²) in [5, 5.41) is 11.6. The third-order valence-electron chi connectivity index (χ3n) is 3.12. The number of carboxylic acids is 1. The van der Waals surface area contributed by atoms with Gasteiger partial charge in [-0.2, -0.15) is 0 Å². The van der Waals surface area contributed by atoms with Crippen molar-refractivity contribution < 1.29 is 19.5 Å². The van der Waals surface area contributed by atoms with Crippen molar-refractivity contribution in [3.63, 3.8) is 0 Å². The van der Waals surface area contributed by atoms with E-state index >= 15 is 0 Å². The summed E-state index contributed by atoms with van der Waals surface area (Å²) in [6.07, 6.45) is 1.45. The lowest BCUT2D eigenvalue weighted by atomic mass is 10.1. The lowest BCUT2D eigenvalue weighted by molar-refractivity contribution is -0.154. The van der Waals surface area contributed by atoms with E-state index in [1.807, 2.05) is 0 Å². The smallest absolute Gasteiger partial charge is 0.319 e. The van der Waals surface area contributed by atoms with Gasteiger partial charge < -0.3 is 15.3 Å². The molecule has 1 aliphatic heterocycles. The summed E-state index contributed by atoms with van der Waals surface area (Å²) in [4.78, 5) is 35.6. The van der Waals surface area contributed by atoms with E-state index in [4.69, 9.17) is 5.11 Å². The molecule has 0 atom stereocenters. The molecule has 0 radical (unpaired) electrons. The molecule has 1 saturated heterocycles. The molecule has 0 bridgehead atoms. The molecule has 2 fully saturated rings. The van der Waals surface area contributed by atoms with Crippen LogP contribution >= 0.6 is 0 Å². The van der Waals surface area contributed by atoms with Crippen LogP contribution < -0.4 is 5.32 Å². The Bertz CT molecular complexity index is 349. The highest BCUT2D eigenvalue weighted by Gasteiger charge is 2.58. The lowest BCUT2D eigenvalue weighted by Gasteiger charge is -2.22. The highest BCUT2D eigenvalue weighted by molar-refractivity contribution is 6.05. The molecule has 1 aliphatic carbocycles. The summed E-state index contributed by atoms with van der Waals surface area (Å²) in [7, 11) is 0. The number of aliphatic carboxylic acids is 1. The van der Waals surface area contributed by atoms with E-state index in [1.165, 1.54) is 4.90 Å². The molecule has 1 heterocycles. The van der Waals surface area contributed by atoms with Gasteiger partial charge in [-0.15, -0.1) is 0 Å². The van der Waals surface area contributed by atoms with Crippen molar-refractivity contribution in [3.05, 3.63) is 0 Å². The van der Waals surface area contributed by atoms with Crippen molar-refractivity contribution in [2.24, 2.45) is 5.41 Å². The van der Waals surface area contributed by atoms with Gasteiger partial charge in [0.25, 0.3) is 0 Å². The molecule has 6 heteroatoms. The predicted molar refractivity (Wildman–Crippen MR) is 53.5 cm³/mol. The van der Waals surface area contributed by atoms with Crippen LogP contribution in [0, 0.1) is 5.41 Å². The molecule has 1 saturated carbocycles. The van der Waals surface area contributed by atoms with Crippen LogP contribution in [0.4, 0.5) is 0 Å². The summed E-state index contributed by atoms with van der Waals surface area (Å²) in [6, 6.07) is 0. The number of carbonyl (C=O) groups is 3. The van der Waals surface area contributed by atoms with Crippen molar-refractivity contribution in [1.82, 2.24) is 10.2 Å². The summed E-state index contributed by atoms with van der Waals surface area (Å²) in [5.41, 5.74) is -1.23. The number of carboxylic acid groups (broad SMARTS) is 1. The Morgan fingerprint density at radius 3 is 2.62 bits per heavy atom. The van der Waals surface area contributed by atoms with E-state index in [0.29, 0.717) is 32.4 Å². The number of carbonyl (C=O) groups excluding carboxylic acids is 2. The molecule has 16 heavy (non-hydrogen) atoms. The quantitative estimate of drug-likeness (QED) is 0.603. The zero-order chi connectivity index (χ0) is 11.8. The monoisotopic (exact) mass is 226 g/mol. The van der Waals surface area contributed by atoms with Crippen LogP contribution in [-0.2, 0) is 14.4 Å². The SMILES string of the molecule is O=C1CN(C(=O)C2(C(=O)O)CC2)CCCN1. The highest BCUT2D eigenvalue weighted by Crippen LogP contribution is 2.47. The number of nitrogens with one attached hydrogen (secondary N) is 1. The minimum Gasteiger partial charge on any atom is -0.480 e. The van der Waals surface area contributed by atoms with Gasteiger partial charge >= 0.3 is 5.97 Å². The zero-order valence-corrected chi connectivity index (χ0v) is 8.86. The molecule has 2 N–H and O–H groups in total. The summed E-state index contributed by atoms with van der Waals surface area (Å²) in [5.74, 6) is -1.69. The maximum absolute atomic E-state index is 12.0. The third-order valence-corrected chi connectivity index (χ3v) is 3.12. The Hall–Kier alpha value is -1.59. The van der Waals surface area contributed by atoms with Crippen molar-refractivity contribution in [2.45, 2.75) is 19.3 Å². The molecule has 2 amide bonds. The second kappa shape index (κ2) is 3.77. The molecular weight excluding hydrogens is 212 g/mol. The number of hydrogen-bond acceptors (Lipinski definition) is 3. The second-order valence-electron chi connectivity index (χ2n) is 4.32. The minimum atomic E-state index is -1.23. The first-order chi connectivity index (χ1) is 7.56. The molecule has 0 aromatic carbocycles. The van der Waals surface area contributed by atoms with E-state index < -0.39 is 17.3 Å². The van der Waals surface area contributed by atoms with Crippen molar-refractivity contribution in [2.75, 3.05) is 19.6 Å². The fraction of sp³-hybridized carbons (Fsp3) is 0.700. The largest absolute Gasteiger partial charge is 0.480 e. The average molecular weight is 226 g/mol. The van der Waals surface area contributed by atoms with Gasteiger partial charge in [0.2, 0.25) is 11.8 Å². The third kappa shape index (κ3) is 1.75. The van der Waals surface area contributed by atoms with Gasteiger partial charge in [-0.05, 0) is 19.3 Å². The summed E-state index contributed by atoms with van der Waals surface area (Å²) < 4.78 is 0. The van der Waals surface area contributed by atoms with Crippen LogP contribution in [0.15, 0.2) is 0 Å². The van der Waals surface area contributed by atoms with Gasteiger partial charge in [-0.25, -0.2) is 0 Å². The maximum Gasteiger partial charge on any atom is 0.319 e. The predicted octanol–water partition coefficient (Wildman–Crippen LogP) is -0.800. The Labute approximate surface area is 92.6 Å². The van der Waals surface area contributed by atoms with Gasteiger partial charge in [0.05, 0.1) is 6.54 Å². The minimum absolute atomic E-state index is 0.0200. The average Bonchev–Trinajstić information content (AvgIpc) is 3.01. The molecular formula is C10H14N2O4. The summed E-state index contributed by atoms with van der Waals surface area (Å²) in [6.45, 7) is 0.975. The van der Waals surface area contributed by atoms with Crippen LogP contribution in [0.3, 0.4) is 0 Å². The van der Waals surface area contributed by atoms with E-state index in [0.717, 1.165) is 0 Å². The van der Waals surface area contributed by atoms with E-state index in [1.54, 1.807) is 0 Å². The molecule has 6 nitrogen and oxygen atoms in total. The standard InChI is InChI=1S/C10H14N2O4/c13-7-6-12(5-1-4-11-7)8(14)10(2-3-10)9(15)16/h1-6H2,(H,11,13)(H,15,16). The van der Waals surface area contributed by atoms with Crippen molar-refractivity contribution in [1.29, 1.82) is 0 Å². The Balaban J connectivity index is 2.09. The summed E-state index contributed by atoms with van der Waals surface area (Å²) >= 11 is 0. The highest BCUT2D eigenvalue weighted by atomic mass is 16.4. The van der Waals surface area contributed by atoms with Gasteiger partial charge in [0, 0.05) is 13.1 Å². The van der Waals surface area contributed by atoms with E-state index in [2.05, 4.69) is 5.32 Å². The molecule has 88 valence electrons. The fourth-order valence-electron chi connectivity index (χ4n) is 1.93. The maximum atomic E-state index is 12.0. The van der Waals surface area contributed by atoms with Crippen LogP contribution in [0.2, 0.25) is 0 Å². The van der Waals surface area contributed by atoms with E-state index in [9.17, 15) is 14.4 Å². The first-order valence-corrected chi connectivity index (χ1v) is 5.36. The van der Waals surface area contributed by atoms with Crippen molar-refractivity contribution >= 4 is 17.8 Å². The van der Waals surface area contributed by atoms with Crippen molar-refractivity contribution in [3.8, 4) is 0 Å². The number of nitrogens with zero attached hydrogens (tertiary/aromatic N) is 1. The Morgan fingerprint density at radius 2 is 2.06 bits per heavy atom. The van der Waals surface area contributed by atoms with Crippen LogP contribution in [0.25, 0.3) is 0 Å². The Morgan fingerprint density at radius 1 is 1.38 bits per heavy atom. The molecule has 2 aliphatic rings.